The highest BCUT2D eigenvalue weighted by atomic mass is 16.5. The molecule has 2 heterocycles. The lowest BCUT2D eigenvalue weighted by molar-refractivity contribution is 0.192. The molecule has 2 rings (SSSR count). The Hall–Kier alpha value is -0.910. The number of hydrogen-bond donors (Lipinski definition) is 1. The van der Waals surface area contributed by atoms with Gasteiger partial charge in [-0.05, 0) is 19.4 Å². The predicted molar refractivity (Wildman–Crippen MR) is 76.3 cm³/mol. The van der Waals surface area contributed by atoms with Crippen molar-refractivity contribution < 1.29 is 4.74 Å². The van der Waals surface area contributed by atoms with Gasteiger partial charge in [-0.1, -0.05) is 0 Å². The second kappa shape index (κ2) is 7.62. The predicted octanol–water partition coefficient (Wildman–Crippen LogP) is 0.663. The zero-order valence-electron chi connectivity index (χ0n) is 12.1. The molecule has 0 aliphatic carbocycles. The molecule has 0 saturated carbocycles. The number of aryl methyl sites for hydroxylation is 1. The Labute approximate surface area is 116 Å². The van der Waals surface area contributed by atoms with Crippen LogP contribution < -0.4 is 5.32 Å². The van der Waals surface area contributed by atoms with E-state index in [0.717, 1.165) is 32.7 Å². The van der Waals surface area contributed by atoms with Gasteiger partial charge >= 0.3 is 0 Å². The zero-order chi connectivity index (χ0) is 13.5. The normalized spacial score (nSPS) is 20.2. The molecule has 108 valence electrons. The fraction of sp³-hybridized carbons (Fsp3) is 0.786. The summed E-state index contributed by atoms with van der Waals surface area (Å²) in [6.07, 6.45) is 7.56. The first-order valence-corrected chi connectivity index (χ1v) is 7.21. The molecule has 1 aromatic heterocycles. The van der Waals surface area contributed by atoms with Crippen LogP contribution in [0.1, 0.15) is 18.7 Å². The summed E-state index contributed by atoms with van der Waals surface area (Å²) in [6, 6.07) is 0.678. The monoisotopic (exact) mass is 266 g/mol. The Morgan fingerprint density at radius 2 is 2.42 bits per heavy atom. The summed E-state index contributed by atoms with van der Waals surface area (Å²) in [7, 11) is 3.81. The lowest BCUT2D eigenvalue weighted by Gasteiger charge is -2.24. The molecular formula is C14H26N4O. The minimum atomic E-state index is 0.678. The molecule has 1 atom stereocenters. The Kier molecular flexibility index (Phi) is 5.82. The fourth-order valence-electron chi connectivity index (χ4n) is 2.74. The molecule has 0 spiro atoms. The van der Waals surface area contributed by atoms with Crippen molar-refractivity contribution in [3.05, 3.63) is 18.2 Å². The number of rotatable bonds is 8. The van der Waals surface area contributed by atoms with E-state index in [1.807, 2.05) is 12.4 Å². The number of likely N-dealkylation sites (tertiary alicyclic amines) is 1. The third kappa shape index (κ3) is 4.30. The average Bonchev–Trinajstić information content (AvgIpc) is 3.01. The second-order valence-electron chi connectivity index (χ2n) is 5.23. The van der Waals surface area contributed by atoms with Crippen molar-refractivity contribution in [2.45, 2.75) is 25.3 Å². The maximum atomic E-state index is 5.06. The van der Waals surface area contributed by atoms with Gasteiger partial charge in [-0.15, -0.1) is 0 Å². The van der Waals surface area contributed by atoms with Gasteiger partial charge in [-0.2, -0.15) is 0 Å². The van der Waals surface area contributed by atoms with Crippen molar-refractivity contribution >= 4 is 0 Å². The van der Waals surface area contributed by atoms with Gasteiger partial charge in [-0.25, -0.2) is 4.98 Å². The standard InChI is InChI=1S/C14H26N4O/c1-17-10-6-16-14(17)5-9-18-8-3-4-13(18)12-15-7-11-19-2/h6,10,13,15H,3-5,7-9,11-12H2,1-2H3. The quantitative estimate of drug-likeness (QED) is 0.702. The second-order valence-corrected chi connectivity index (χ2v) is 5.23. The molecule has 0 bridgehead atoms. The van der Waals surface area contributed by atoms with E-state index in [1.165, 1.54) is 25.2 Å². The van der Waals surface area contributed by atoms with Crippen molar-refractivity contribution in [2.24, 2.45) is 7.05 Å². The molecular weight excluding hydrogens is 240 g/mol. The molecule has 0 aromatic carbocycles. The van der Waals surface area contributed by atoms with Crippen LogP contribution in [0, 0.1) is 0 Å². The largest absolute Gasteiger partial charge is 0.383 e. The summed E-state index contributed by atoms with van der Waals surface area (Å²) in [5, 5.41) is 3.48. The van der Waals surface area contributed by atoms with Crippen LogP contribution in [-0.2, 0) is 18.2 Å². The summed E-state index contributed by atoms with van der Waals surface area (Å²) in [4.78, 5) is 6.98. The van der Waals surface area contributed by atoms with Crippen molar-refractivity contribution in [3.8, 4) is 0 Å². The zero-order valence-corrected chi connectivity index (χ0v) is 12.1. The van der Waals surface area contributed by atoms with Gasteiger partial charge < -0.3 is 14.6 Å². The lowest BCUT2D eigenvalue weighted by Crippen LogP contribution is -2.40. The summed E-state index contributed by atoms with van der Waals surface area (Å²) >= 11 is 0. The van der Waals surface area contributed by atoms with Gasteiger partial charge in [0.1, 0.15) is 5.82 Å². The third-order valence-electron chi connectivity index (χ3n) is 3.91. The highest BCUT2D eigenvalue weighted by Crippen LogP contribution is 2.16. The van der Waals surface area contributed by atoms with Gasteiger partial charge in [0.25, 0.3) is 0 Å². The molecule has 1 N–H and O–H groups in total. The molecule has 1 unspecified atom stereocenters. The van der Waals surface area contributed by atoms with Crippen LogP contribution in [0.3, 0.4) is 0 Å². The summed E-state index contributed by atoms with van der Waals surface area (Å²) in [6.45, 7) is 5.15. The molecule has 0 radical (unpaired) electrons. The number of nitrogens with one attached hydrogen (secondary N) is 1. The molecule has 5 heteroatoms. The van der Waals surface area contributed by atoms with E-state index in [2.05, 4.69) is 26.8 Å². The number of hydrogen-bond acceptors (Lipinski definition) is 4. The van der Waals surface area contributed by atoms with Crippen LogP contribution in [0.2, 0.25) is 0 Å². The topological polar surface area (TPSA) is 42.3 Å². The highest BCUT2D eigenvalue weighted by molar-refractivity contribution is 4.93. The molecule has 5 nitrogen and oxygen atoms in total. The Morgan fingerprint density at radius 1 is 1.53 bits per heavy atom. The van der Waals surface area contributed by atoms with Crippen LogP contribution in [0.25, 0.3) is 0 Å². The number of nitrogens with zero attached hydrogens (tertiary/aromatic N) is 3. The summed E-state index contributed by atoms with van der Waals surface area (Å²) in [5.74, 6) is 1.18. The molecule has 0 amide bonds. The van der Waals surface area contributed by atoms with Gasteiger partial charge in [0.05, 0.1) is 6.61 Å². The number of methoxy groups -OCH3 is 1. The average molecular weight is 266 g/mol. The van der Waals surface area contributed by atoms with Crippen molar-refractivity contribution in [1.29, 1.82) is 0 Å². The fourth-order valence-corrected chi connectivity index (χ4v) is 2.74. The maximum absolute atomic E-state index is 5.06. The smallest absolute Gasteiger partial charge is 0.109 e. The number of ether oxygens (including phenoxy) is 1. The minimum Gasteiger partial charge on any atom is -0.383 e. The highest BCUT2D eigenvalue weighted by Gasteiger charge is 2.23. The van der Waals surface area contributed by atoms with Gasteiger partial charge in [0.15, 0.2) is 0 Å². The molecule has 1 aromatic rings. The molecule has 1 aliphatic heterocycles. The van der Waals surface area contributed by atoms with Crippen molar-refractivity contribution in [2.75, 3.05) is 39.9 Å². The van der Waals surface area contributed by atoms with E-state index in [-0.39, 0.29) is 0 Å². The van der Waals surface area contributed by atoms with Gasteiger partial charge in [0, 0.05) is 58.6 Å². The molecule has 1 saturated heterocycles. The maximum Gasteiger partial charge on any atom is 0.109 e. The minimum absolute atomic E-state index is 0.678. The van der Waals surface area contributed by atoms with E-state index >= 15 is 0 Å². The molecule has 1 fully saturated rings. The van der Waals surface area contributed by atoms with E-state index in [0.29, 0.717) is 6.04 Å². The SMILES string of the molecule is COCCNCC1CCCN1CCc1nccn1C. The van der Waals surface area contributed by atoms with E-state index in [4.69, 9.17) is 4.74 Å². The first-order valence-electron chi connectivity index (χ1n) is 7.21. The molecule has 1 aliphatic rings. The van der Waals surface area contributed by atoms with E-state index < -0.39 is 0 Å². The Bertz CT molecular complexity index is 366. The first-order chi connectivity index (χ1) is 9.31. The number of imidazole rings is 1. The van der Waals surface area contributed by atoms with Crippen LogP contribution in [-0.4, -0.2) is 60.4 Å². The van der Waals surface area contributed by atoms with Crippen LogP contribution >= 0.6 is 0 Å². The summed E-state index contributed by atoms with van der Waals surface area (Å²) < 4.78 is 7.17. The summed E-state index contributed by atoms with van der Waals surface area (Å²) in [5.41, 5.74) is 0. The third-order valence-corrected chi connectivity index (χ3v) is 3.91. The van der Waals surface area contributed by atoms with Crippen LogP contribution in [0.5, 0.6) is 0 Å². The van der Waals surface area contributed by atoms with Gasteiger partial charge in [-0.3, -0.25) is 4.90 Å². The lowest BCUT2D eigenvalue weighted by atomic mass is 10.2. The Morgan fingerprint density at radius 3 is 3.16 bits per heavy atom. The van der Waals surface area contributed by atoms with Gasteiger partial charge in [0.2, 0.25) is 0 Å². The van der Waals surface area contributed by atoms with E-state index in [9.17, 15) is 0 Å². The van der Waals surface area contributed by atoms with Crippen molar-refractivity contribution in [1.82, 2.24) is 19.8 Å². The van der Waals surface area contributed by atoms with Crippen LogP contribution in [0.4, 0.5) is 0 Å². The first kappa shape index (κ1) is 14.5. The Balaban J connectivity index is 1.71. The van der Waals surface area contributed by atoms with Crippen LogP contribution in [0.15, 0.2) is 12.4 Å². The van der Waals surface area contributed by atoms with Crippen molar-refractivity contribution in [3.63, 3.8) is 0 Å². The number of aromatic nitrogens is 2. The van der Waals surface area contributed by atoms with E-state index in [1.54, 1.807) is 7.11 Å². The molecule has 19 heavy (non-hydrogen) atoms.